The van der Waals surface area contributed by atoms with Crippen LogP contribution in [0.5, 0.6) is 0 Å². The number of piperidine rings is 1. The van der Waals surface area contributed by atoms with E-state index in [0.717, 1.165) is 24.9 Å². The van der Waals surface area contributed by atoms with Crippen molar-refractivity contribution < 1.29 is 0 Å². The molecule has 2 rings (SSSR count). The van der Waals surface area contributed by atoms with Gasteiger partial charge < -0.3 is 0 Å². The number of fused-ring (bicyclic) bond motifs is 1. The Bertz CT molecular complexity index is 113. The van der Waals surface area contributed by atoms with Crippen LogP contribution in [0, 0.1) is 11.8 Å². The Morgan fingerprint density at radius 1 is 1.11 bits per heavy atom. The van der Waals surface area contributed by atoms with E-state index in [0.29, 0.717) is 0 Å². The molecule has 1 aliphatic carbocycles. The topological polar surface area (TPSA) is 29.3 Å². The first-order chi connectivity index (χ1) is 4.36. The molecule has 9 heavy (non-hydrogen) atoms. The molecular weight excluding hydrogens is 112 g/mol. The fourth-order valence-corrected chi connectivity index (χ4v) is 1.98. The van der Waals surface area contributed by atoms with Gasteiger partial charge in [-0.25, -0.2) is 5.01 Å². The summed E-state index contributed by atoms with van der Waals surface area (Å²) in [5.74, 6) is 7.66. The van der Waals surface area contributed by atoms with Gasteiger partial charge in [-0.1, -0.05) is 0 Å². The predicted molar refractivity (Wildman–Crippen MR) is 36.6 cm³/mol. The Hall–Kier alpha value is -0.0800. The van der Waals surface area contributed by atoms with E-state index in [9.17, 15) is 0 Å². The highest BCUT2D eigenvalue weighted by Gasteiger charge is 2.34. The predicted octanol–water partition coefficient (Wildman–Crippen LogP) is 0.592. The molecule has 0 aromatic rings. The lowest BCUT2D eigenvalue weighted by Gasteiger charge is -2.43. The molecule has 2 N–H and O–H groups in total. The van der Waals surface area contributed by atoms with Crippen molar-refractivity contribution in [3.63, 3.8) is 0 Å². The molecule has 1 aliphatic heterocycles. The van der Waals surface area contributed by atoms with Crippen molar-refractivity contribution in [3.8, 4) is 0 Å². The number of hydrogen-bond donors (Lipinski definition) is 1. The summed E-state index contributed by atoms with van der Waals surface area (Å²) in [4.78, 5) is 0. The molecule has 0 bridgehead atoms. The Kier molecular flexibility index (Phi) is 1.24. The second-order valence-electron chi connectivity index (χ2n) is 3.38. The highest BCUT2D eigenvalue weighted by Crippen LogP contribution is 2.39. The van der Waals surface area contributed by atoms with Gasteiger partial charge in [0.15, 0.2) is 0 Å². The normalized spacial score (nSPS) is 43.7. The average Bonchev–Trinajstić information content (AvgIpc) is 1.78. The summed E-state index contributed by atoms with van der Waals surface area (Å²) in [6.45, 7) is 2.28. The Morgan fingerprint density at radius 3 is 2.33 bits per heavy atom. The van der Waals surface area contributed by atoms with Crippen LogP contribution in [-0.4, -0.2) is 18.1 Å². The van der Waals surface area contributed by atoms with Crippen LogP contribution in [-0.2, 0) is 0 Å². The van der Waals surface area contributed by atoms with Crippen LogP contribution in [0.2, 0.25) is 0 Å². The summed E-state index contributed by atoms with van der Waals surface area (Å²) in [6.07, 6.45) is 4.25. The minimum absolute atomic E-state index is 0.962. The maximum absolute atomic E-state index is 5.65. The van der Waals surface area contributed by atoms with Crippen LogP contribution in [0.1, 0.15) is 19.3 Å². The van der Waals surface area contributed by atoms with E-state index in [1.54, 1.807) is 0 Å². The lowest BCUT2D eigenvalue weighted by atomic mass is 9.70. The molecule has 2 unspecified atom stereocenters. The van der Waals surface area contributed by atoms with Crippen LogP contribution in [0.4, 0.5) is 0 Å². The van der Waals surface area contributed by atoms with Crippen LogP contribution >= 0.6 is 0 Å². The number of hydrogen-bond acceptors (Lipinski definition) is 2. The standard InChI is InChI=1S/C7H14N2/c8-9-4-3-6-1-2-7(6)5-9/h6-7H,1-5,8H2. The molecule has 0 aromatic carbocycles. The number of rotatable bonds is 0. The van der Waals surface area contributed by atoms with E-state index in [4.69, 9.17) is 5.84 Å². The molecule has 2 fully saturated rings. The van der Waals surface area contributed by atoms with E-state index < -0.39 is 0 Å². The SMILES string of the molecule is NN1CCC2CCC2C1. The lowest BCUT2D eigenvalue weighted by molar-refractivity contribution is 0.0467. The molecule has 2 aliphatic rings. The van der Waals surface area contributed by atoms with Crippen molar-refractivity contribution in [2.45, 2.75) is 19.3 Å². The third-order valence-electron chi connectivity index (χ3n) is 2.83. The molecule has 0 radical (unpaired) electrons. The van der Waals surface area contributed by atoms with Crippen LogP contribution < -0.4 is 5.84 Å². The molecule has 0 amide bonds. The van der Waals surface area contributed by atoms with Crippen LogP contribution in [0.25, 0.3) is 0 Å². The fourth-order valence-electron chi connectivity index (χ4n) is 1.98. The van der Waals surface area contributed by atoms with Crippen molar-refractivity contribution in [3.05, 3.63) is 0 Å². The average molecular weight is 126 g/mol. The molecule has 1 saturated heterocycles. The van der Waals surface area contributed by atoms with Crippen LogP contribution in [0.15, 0.2) is 0 Å². The van der Waals surface area contributed by atoms with E-state index in [2.05, 4.69) is 0 Å². The van der Waals surface area contributed by atoms with Gasteiger partial charge in [-0.2, -0.15) is 0 Å². The summed E-state index contributed by atoms with van der Waals surface area (Å²) in [5, 5.41) is 1.97. The zero-order valence-corrected chi connectivity index (χ0v) is 5.71. The monoisotopic (exact) mass is 126 g/mol. The second-order valence-corrected chi connectivity index (χ2v) is 3.38. The molecule has 2 atom stereocenters. The van der Waals surface area contributed by atoms with Gasteiger partial charge >= 0.3 is 0 Å². The molecular formula is C7H14N2. The Morgan fingerprint density at radius 2 is 1.89 bits per heavy atom. The first-order valence-corrected chi connectivity index (χ1v) is 3.86. The van der Waals surface area contributed by atoms with Gasteiger partial charge in [0, 0.05) is 13.1 Å². The summed E-state index contributed by atoms with van der Waals surface area (Å²) in [5.41, 5.74) is 0. The quantitative estimate of drug-likeness (QED) is 0.481. The molecule has 52 valence electrons. The third kappa shape index (κ3) is 0.864. The van der Waals surface area contributed by atoms with Gasteiger partial charge in [0.05, 0.1) is 0 Å². The maximum atomic E-state index is 5.65. The summed E-state index contributed by atoms with van der Waals surface area (Å²) < 4.78 is 0. The summed E-state index contributed by atoms with van der Waals surface area (Å²) in [7, 11) is 0. The van der Waals surface area contributed by atoms with E-state index in [1.165, 1.54) is 19.3 Å². The van der Waals surface area contributed by atoms with Gasteiger partial charge in [-0.05, 0) is 31.1 Å². The zero-order valence-electron chi connectivity index (χ0n) is 5.71. The highest BCUT2D eigenvalue weighted by atomic mass is 15.4. The van der Waals surface area contributed by atoms with Crippen LogP contribution in [0.3, 0.4) is 0 Å². The van der Waals surface area contributed by atoms with Gasteiger partial charge in [-0.15, -0.1) is 0 Å². The minimum Gasteiger partial charge on any atom is -0.269 e. The first-order valence-electron chi connectivity index (χ1n) is 3.86. The third-order valence-corrected chi connectivity index (χ3v) is 2.83. The van der Waals surface area contributed by atoms with E-state index in [1.807, 2.05) is 5.01 Å². The van der Waals surface area contributed by atoms with Crippen molar-refractivity contribution in [1.82, 2.24) is 5.01 Å². The fraction of sp³-hybridized carbons (Fsp3) is 1.00. The number of nitrogens with zero attached hydrogens (tertiary/aromatic N) is 1. The van der Waals surface area contributed by atoms with Gasteiger partial charge in [0.1, 0.15) is 0 Å². The summed E-state index contributed by atoms with van der Waals surface area (Å²) >= 11 is 0. The Balaban J connectivity index is 1.92. The van der Waals surface area contributed by atoms with Gasteiger partial charge in [0.25, 0.3) is 0 Å². The van der Waals surface area contributed by atoms with Crippen molar-refractivity contribution in [2.24, 2.45) is 17.7 Å². The van der Waals surface area contributed by atoms with Gasteiger partial charge in [-0.3, -0.25) is 5.84 Å². The van der Waals surface area contributed by atoms with Crippen molar-refractivity contribution in [2.75, 3.05) is 13.1 Å². The highest BCUT2D eigenvalue weighted by molar-refractivity contribution is 4.86. The molecule has 2 heteroatoms. The largest absolute Gasteiger partial charge is 0.269 e. The molecule has 1 heterocycles. The lowest BCUT2D eigenvalue weighted by Crippen LogP contribution is -2.48. The molecule has 0 aromatic heterocycles. The summed E-state index contributed by atoms with van der Waals surface area (Å²) in [6, 6.07) is 0. The van der Waals surface area contributed by atoms with Crippen molar-refractivity contribution in [1.29, 1.82) is 0 Å². The van der Waals surface area contributed by atoms with Gasteiger partial charge in [0.2, 0.25) is 0 Å². The smallest absolute Gasteiger partial charge is 0.0159 e. The number of hydrazine groups is 1. The number of nitrogens with two attached hydrogens (primary N) is 1. The van der Waals surface area contributed by atoms with E-state index in [-0.39, 0.29) is 0 Å². The second kappa shape index (κ2) is 1.96. The van der Waals surface area contributed by atoms with Crippen molar-refractivity contribution >= 4 is 0 Å². The molecule has 2 nitrogen and oxygen atoms in total. The molecule has 0 spiro atoms. The maximum Gasteiger partial charge on any atom is 0.0159 e. The Labute approximate surface area is 56.0 Å². The first kappa shape index (κ1) is 5.69. The minimum atomic E-state index is 0.962. The zero-order chi connectivity index (χ0) is 6.27. The van der Waals surface area contributed by atoms with E-state index >= 15 is 0 Å². The molecule has 1 saturated carbocycles.